The monoisotopic (exact) mass is 232 g/mol. The maximum Gasteiger partial charge on any atom is 0.307 e. The molecule has 1 rings (SSSR count). The molecule has 0 aromatic carbocycles. The molecule has 5 nitrogen and oxygen atoms in total. The Kier molecular flexibility index (Phi) is 3.60. The maximum absolute atomic E-state index is 12.6. The van der Waals surface area contributed by atoms with Gasteiger partial charge in [-0.3, -0.25) is 4.79 Å². The fourth-order valence-electron chi connectivity index (χ4n) is 1.23. The van der Waals surface area contributed by atoms with Crippen molar-refractivity contribution in [2.75, 3.05) is 12.8 Å². The molecular weight excluding hydrogens is 222 g/mol. The lowest BCUT2D eigenvalue weighted by atomic mass is 10.1. The molecule has 16 heavy (non-hydrogen) atoms. The normalized spacial score (nSPS) is 10.5. The second kappa shape index (κ2) is 4.73. The number of nitrogens with zero attached hydrogens (tertiary/aromatic N) is 1. The minimum Gasteiger partial charge on any atom is -0.481 e. The third kappa shape index (κ3) is 2.56. The fraction of sp³-hybridized carbons (Fsp3) is 0.333. The van der Waals surface area contributed by atoms with E-state index < -0.39 is 24.5 Å². The van der Waals surface area contributed by atoms with Crippen LogP contribution in [0.15, 0.2) is 6.07 Å². The summed E-state index contributed by atoms with van der Waals surface area (Å²) in [6.07, 6.45) is -3.43. The molecule has 7 heteroatoms. The zero-order chi connectivity index (χ0) is 12.3. The van der Waals surface area contributed by atoms with Gasteiger partial charge < -0.3 is 15.6 Å². The predicted molar refractivity (Wildman–Crippen MR) is 51.5 cm³/mol. The van der Waals surface area contributed by atoms with Crippen molar-refractivity contribution < 1.29 is 23.4 Å². The number of alkyl halides is 2. The molecule has 0 spiro atoms. The number of carboxylic acid groups (broad SMARTS) is 1. The highest BCUT2D eigenvalue weighted by Gasteiger charge is 2.19. The van der Waals surface area contributed by atoms with E-state index in [-0.39, 0.29) is 17.1 Å². The van der Waals surface area contributed by atoms with E-state index in [1.54, 1.807) is 0 Å². The largest absolute Gasteiger partial charge is 0.481 e. The van der Waals surface area contributed by atoms with Gasteiger partial charge in [0, 0.05) is 0 Å². The number of ether oxygens (including phenoxy) is 1. The molecule has 1 aromatic rings. The van der Waals surface area contributed by atoms with Crippen molar-refractivity contribution >= 4 is 11.7 Å². The molecule has 1 aromatic heterocycles. The van der Waals surface area contributed by atoms with E-state index >= 15 is 0 Å². The van der Waals surface area contributed by atoms with E-state index in [1.807, 2.05) is 0 Å². The average molecular weight is 232 g/mol. The van der Waals surface area contributed by atoms with Gasteiger partial charge in [0.25, 0.3) is 6.43 Å². The van der Waals surface area contributed by atoms with Gasteiger partial charge in [0.2, 0.25) is 5.88 Å². The molecule has 1 heterocycles. The van der Waals surface area contributed by atoms with E-state index in [0.717, 1.165) is 6.07 Å². The van der Waals surface area contributed by atoms with Crippen LogP contribution in [0.5, 0.6) is 5.88 Å². The molecule has 88 valence electrons. The van der Waals surface area contributed by atoms with Crippen LogP contribution in [-0.2, 0) is 11.2 Å². The van der Waals surface area contributed by atoms with Gasteiger partial charge in [0.05, 0.1) is 19.2 Å². The van der Waals surface area contributed by atoms with Crippen LogP contribution in [-0.4, -0.2) is 23.2 Å². The Morgan fingerprint density at radius 1 is 1.69 bits per heavy atom. The number of nitrogens with two attached hydrogens (primary N) is 1. The third-order valence-electron chi connectivity index (χ3n) is 1.87. The van der Waals surface area contributed by atoms with Crippen LogP contribution in [0.2, 0.25) is 0 Å². The first-order valence-electron chi connectivity index (χ1n) is 4.29. The summed E-state index contributed by atoms with van der Waals surface area (Å²) in [5, 5.41) is 8.55. The van der Waals surface area contributed by atoms with Crippen molar-refractivity contribution in [1.29, 1.82) is 0 Å². The topological polar surface area (TPSA) is 85.4 Å². The minimum absolute atomic E-state index is 0.0307. The van der Waals surface area contributed by atoms with Crippen molar-refractivity contribution in [3.05, 3.63) is 17.3 Å². The summed E-state index contributed by atoms with van der Waals surface area (Å²) in [6.45, 7) is 0. The number of anilines is 1. The smallest absolute Gasteiger partial charge is 0.307 e. The Hall–Kier alpha value is -1.92. The summed E-state index contributed by atoms with van der Waals surface area (Å²) in [7, 11) is 1.24. The quantitative estimate of drug-likeness (QED) is 0.815. The number of carboxylic acids is 1. The second-order valence-corrected chi connectivity index (χ2v) is 3.00. The Morgan fingerprint density at radius 2 is 2.31 bits per heavy atom. The van der Waals surface area contributed by atoms with Crippen LogP contribution >= 0.6 is 0 Å². The van der Waals surface area contributed by atoms with E-state index in [4.69, 9.17) is 10.8 Å². The maximum atomic E-state index is 12.6. The molecule has 0 radical (unpaired) electrons. The molecule has 0 aliphatic heterocycles. The summed E-state index contributed by atoms with van der Waals surface area (Å²) in [5.74, 6) is -1.36. The average Bonchev–Trinajstić information content (AvgIpc) is 2.16. The molecule has 0 fully saturated rings. The summed E-state index contributed by atoms with van der Waals surface area (Å²) in [5.41, 5.74) is 4.75. The van der Waals surface area contributed by atoms with Crippen LogP contribution in [0.25, 0.3) is 0 Å². The van der Waals surface area contributed by atoms with Gasteiger partial charge in [0.1, 0.15) is 5.69 Å². The molecule has 0 atom stereocenters. The molecule has 0 aliphatic carbocycles. The van der Waals surface area contributed by atoms with E-state index in [9.17, 15) is 13.6 Å². The lowest BCUT2D eigenvalue weighted by Crippen LogP contribution is -2.08. The van der Waals surface area contributed by atoms with E-state index in [2.05, 4.69) is 9.72 Å². The highest BCUT2D eigenvalue weighted by molar-refractivity contribution is 5.71. The molecule has 0 saturated heterocycles. The lowest BCUT2D eigenvalue weighted by molar-refractivity contribution is -0.136. The highest BCUT2D eigenvalue weighted by atomic mass is 19.3. The number of rotatable bonds is 4. The Labute approximate surface area is 89.9 Å². The molecule has 0 saturated carbocycles. The number of hydrogen-bond donors (Lipinski definition) is 2. The summed E-state index contributed by atoms with van der Waals surface area (Å²) < 4.78 is 29.8. The first-order chi connectivity index (χ1) is 7.45. The molecule has 0 amide bonds. The summed E-state index contributed by atoms with van der Waals surface area (Å²) >= 11 is 0. The first-order valence-corrected chi connectivity index (χ1v) is 4.29. The van der Waals surface area contributed by atoms with Crippen molar-refractivity contribution in [2.24, 2.45) is 0 Å². The SMILES string of the molecule is COc1nc(C(F)F)c(CC(=O)O)cc1N. The van der Waals surface area contributed by atoms with Gasteiger partial charge in [-0.15, -0.1) is 0 Å². The summed E-state index contributed by atoms with van der Waals surface area (Å²) in [4.78, 5) is 13.9. The molecular formula is C9H10F2N2O3. The van der Waals surface area contributed by atoms with Crippen molar-refractivity contribution in [3.63, 3.8) is 0 Å². The number of aromatic nitrogens is 1. The second-order valence-electron chi connectivity index (χ2n) is 3.00. The number of halogens is 2. The predicted octanol–water partition coefficient (Wildman–Crippen LogP) is 1.24. The Balaban J connectivity index is 3.24. The van der Waals surface area contributed by atoms with Crippen LogP contribution in [0.3, 0.4) is 0 Å². The number of aliphatic carboxylic acids is 1. The first kappa shape index (κ1) is 12.2. The number of methoxy groups -OCH3 is 1. The number of hydrogen-bond acceptors (Lipinski definition) is 4. The number of pyridine rings is 1. The van der Waals surface area contributed by atoms with Gasteiger partial charge in [-0.2, -0.15) is 0 Å². The van der Waals surface area contributed by atoms with Gasteiger partial charge in [-0.25, -0.2) is 13.8 Å². The minimum atomic E-state index is -2.87. The third-order valence-corrected chi connectivity index (χ3v) is 1.87. The van der Waals surface area contributed by atoms with Crippen molar-refractivity contribution in [3.8, 4) is 5.88 Å². The van der Waals surface area contributed by atoms with Crippen molar-refractivity contribution in [1.82, 2.24) is 4.98 Å². The fourth-order valence-corrected chi connectivity index (χ4v) is 1.23. The van der Waals surface area contributed by atoms with E-state index in [1.165, 1.54) is 7.11 Å². The molecule has 0 unspecified atom stereocenters. The zero-order valence-electron chi connectivity index (χ0n) is 8.41. The van der Waals surface area contributed by atoms with Gasteiger partial charge in [-0.05, 0) is 11.6 Å². The van der Waals surface area contributed by atoms with Gasteiger partial charge in [-0.1, -0.05) is 0 Å². The number of carbonyl (C=O) groups is 1. The van der Waals surface area contributed by atoms with Gasteiger partial charge >= 0.3 is 5.97 Å². The highest BCUT2D eigenvalue weighted by Crippen LogP contribution is 2.28. The molecule has 0 aliphatic rings. The van der Waals surface area contributed by atoms with Crippen LogP contribution in [0, 0.1) is 0 Å². The van der Waals surface area contributed by atoms with Crippen molar-refractivity contribution in [2.45, 2.75) is 12.8 Å². The number of nitrogen functional groups attached to an aromatic ring is 1. The Bertz CT molecular complexity index is 410. The van der Waals surface area contributed by atoms with Crippen LogP contribution < -0.4 is 10.5 Å². The lowest BCUT2D eigenvalue weighted by Gasteiger charge is -2.10. The van der Waals surface area contributed by atoms with Crippen LogP contribution in [0.1, 0.15) is 17.7 Å². The molecule has 3 N–H and O–H groups in total. The summed E-state index contributed by atoms with van der Waals surface area (Å²) in [6, 6.07) is 1.14. The Morgan fingerprint density at radius 3 is 2.75 bits per heavy atom. The molecule has 0 bridgehead atoms. The van der Waals surface area contributed by atoms with E-state index in [0.29, 0.717) is 0 Å². The van der Waals surface area contributed by atoms with Crippen LogP contribution in [0.4, 0.5) is 14.5 Å². The zero-order valence-corrected chi connectivity index (χ0v) is 8.41. The standard InChI is InChI=1S/C9H10F2N2O3/c1-16-9-5(12)2-4(3-6(14)15)7(13-9)8(10)11/h2,8H,3,12H2,1H3,(H,14,15). The van der Waals surface area contributed by atoms with Gasteiger partial charge in [0.15, 0.2) is 0 Å².